The lowest BCUT2D eigenvalue weighted by Crippen LogP contribution is -1.85. The molecular formula is C26H22NP. The minimum Gasteiger partial charge on any atom is -0.344 e. The van der Waals surface area contributed by atoms with E-state index in [9.17, 15) is 0 Å². The molecule has 0 aliphatic rings. The summed E-state index contributed by atoms with van der Waals surface area (Å²) in [6.07, 6.45) is 0. The molecule has 0 aliphatic heterocycles. The first-order valence-electron chi connectivity index (χ1n) is 9.60. The Morgan fingerprint density at radius 3 is 1.86 bits per heavy atom. The molecule has 0 amide bonds. The summed E-state index contributed by atoms with van der Waals surface area (Å²) in [7, 11) is 1.95. The van der Waals surface area contributed by atoms with E-state index in [0.29, 0.717) is 0 Å². The van der Waals surface area contributed by atoms with Crippen LogP contribution in [0.3, 0.4) is 0 Å². The molecule has 4 aromatic carbocycles. The van der Waals surface area contributed by atoms with Gasteiger partial charge in [0.05, 0.1) is 0 Å². The molecule has 1 atom stereocenters. The Kier molecular flexibility index (Phi) is 4.19. The summed E-state index contributed by atoms with van der Waals surface area (Å²) in [5.41, 5.74) is 2.65. The van der Waals surface area contributed by atoms with Gasteiger partial charge in [-0.05, 0) is 35.6 Å². The van der Waals surface area contributed by atoms with Crippen LogP contribution in [0.15, 0.2) is 97.1 Å². The van der Waals surface area contributed by atoms with E-state index < -0.39 is 0 Å². The number of rotatable bonds is 0. The van der Waals surface area contributed by atoms with Crippen molar-refractivity contribution in [2.24, 2.45) is 13.7 Å². The van der Waals surface area contributed by atoms with Crippen LogP contribution in [0.1, 0.15) is 0 Å². The van der Waals surface area contributed by atoms with Gasteiger partial charge in [-0.15, -0.1) is 7.53 Å². The predicted octanol–water partition coefficient (Wildman–Crippen LogP) is 7.85. The van der Waals surface area contributed by atoms with Gasteiger partial charge < -0.3 is 4.57 Å². The third-order valence-corrected chi connectivity index (χ3v) is 7.82. The average Bonchev–Trinajstić information content (AvgIpc) is 3.21. The highest BCUT2D eigenvalue weighted by atomic mass is 31.1. The second-order valence-electron chi connectivity index (χ2n) is 7.19. The summed E-state index contributed by atoms with van der Waals surface area (Å²) in [6.45, 7) is 2.39. The minimum absolute atomic E-state index is 0.225. The molecule has 2 heterocycles. The molecule has 0 N–H and O–H groups in total. The van der Waals surface area contributed by atoms with Gasteiger partial charge in [0, 0.05) is 39.1 Å². The summed E-state index contributed by atoms with van der Waals surface area (Å²) >= 11 is 0. The molecule has 0 spiro atoms. The van der Waals surface area contributed by atoms with Gasteiger partial charge in [-0.2, -0.15) is 0 Å². The maximum atomic E-state index is 2.44. The normalized spacial score (nSPS) is 11.9. The van der Waals surface area contributed by atoms with Crippen LogP contribution in [-0.4, -0.2) is 4.57 Å². The largest absolute Gasteiger partial charge is 0.344 e. The number of hydrogen-bond donors (Lipinski definition) is 0. The highest BCUT2D eigenvalue weighted by Crippen LogP contribution is 2.48. The molecule has 136 valence electrons. The van der Waals surface area contributed by atoms with Crippen molar-refractivity contribution >= 4 is 50.3 Å². The fraction of sp³-hybridized carbons (Fsp3) is 0.0769. The molecule has 0 fully saturated rings. The molecule has 0 bridgehead atoms. The number of para-hydroxylation sites is 1. The van der Waals surface area contributed by atoms with Crippen LogP contribution in [0.4, 0.5) is 0 Å². The molecule has 0 saturated carbocycles. The zero-order chi connectivity index (χ0) is 19.1. The van der Waals surface area contributed by atoms with Crippen molar-refractivity contribution < 1.29 is 0 Å². The molecule has 28 heavy (non-hydrogen) atoms. The molecule has 6 rings (SSSR count). The Morgan fingerprint density at radius 1 is 0.536 bits per heavy atom. The average molecular weight is 379 g/mol. The van der Waals surface area contributed by atoms with Gasteiger partial charge in [0.1, 0.15) is 0 Å². The lowest BCUT2D eigenvalue weighted by Gasteiger charge is -1.99. The Labute approximate surface area is 165 Å². The van der Waals surface area contributed by atoms with E-state index in [1.165, 1.54) is 42.8 Å². The number of benzene rings is 4. The van der Waals surface area contributed by atoms with Crippen LogP contribution < -0.4 is 0 Å². The first-order valence-corrected chi connectivity index (χ1v) is 11.4. The molecule has 1 unspecified atom stereocenters. The van der Waals surface area contributed by atoms with E-state index in [1.54, 1.807) is 0 Å². The predicted molar refractivity (Wildman–Crippen MR) is 126 cm³/mol. The third kappa shape index (κ3) is 2.63. The molecule has 0 saturated heterocycles. The van der Waals surface area contributed by atoms with Gasteiger partial charge in [-0.3, -0.25) is 0 Å². The van der Waals surface area contributed by atoms with Crippen LogP contribution in [0.2, 0.25) is 0 Å². The van der Waals surface area contributed by atoms with E-state index in [0.717, 1.165) is 0 Å². The topological polar surface area (TPSA) is 4.93 Å². The van der Waals surface area contributed by atoms with Crippen LogP contribution in [-0.2, 0) is 13.7 Å². The van der Waals surface area contributed by atoms with Crippen LogP contribution in [0.25, 0.3) is 42.8 Å². The molecule has 0 radical (unpaired) electrons. The van der Waals surface area contributed by atoms with E-state index in [2.05, 4.69) is 78.9 Å². The summed E-state index contributed by atoms with van der Waals surface area (Å²) in [4.78, 5) is 0. The molecule has 2 aromatic heterocycles. The Balaban J connectivity index is 0.000000246. The van der Waals surface area contributed by atoms with Crippen LogP contribution >= 0.6 is 7.53 Å². The molecule has 1 nitrogen and oxygen atoms in total. The van der Waals surface area contributed by atoms with Gasteiger partial charge in [0.15, 0.2) is 0 Å². The van der Waals surface area contributed by atoms with Crippen molar-refractivity contribution in [2.75, 3.05) is 0 Å². The fourth-order valence-corrected chi connectivity index (χ4v) is 6.19. The zero-order valence-electron chi connectivity index (χ0n) is 16.1. The quantitative estimate of drug-likeness (QED) is 0.253. The highest BCUT2D eigenvalue weighted by molar-refractivity contribution is 7.59. The Hall–Kier alpha value is -3.02. The smallest absolute Gasteiger partial charge is 0.0495 e. The number of aromatic nitrogens is 1. The van der Waals surface area contributed by atoms with Crippen molar-refractivity contribution in [3.05, 3.63) is 97.1 Å². The zero-order valence-corrected chi connectivity index (χ0v) is 17.0. The number of nitrogens with zero attached hydrogens (tertiary/aromatic N) is 1. The minimum atomic E-state index is -0.225. The summed E-state index contributed by atoms with van der Waals surface area (Å²) in [6, 6.07) is 34.4. The molecule has 0 aliphatic carbocycles. The van der Waals surface area contributed by atoms with Crippen molar-refractivity contribution in [1.82, 2.24) is 4.57 Å². The monoisotopic (exact) mass is 379 g/mol. The number of aryl methyl sites for hydroxylation is 2. The van der Waals surface area contributed by atoms with Crippen molar-refractivity contribution in [3.8, 4) is 0 Å². The Bertz CT molecular complexity index is 1300. The Morgan fingerprint density at radius 2 is 1.14 bits per heavy atom. The molecular weight excluding hydrogens is 357 g/mol. The van der Waals surface area contributed by atoms with Gasteiger partial charge in [-0.25, -0.2) is 0 Å². The number of hydrogen-bond acceptors (Lipinski definition) is 0. The van der Waals surface area contributed by atoms with Crippen LogP contribution in [0, 0.1) is 0 Å². The van der Waals surface area contributed by atoms with E-state index >= 15 is 0 Å². The van der Waals surface area contributed by atoms with E-state index in [-0.39, 0.29) is 7.53 Å². The maximum absolute atomic E-state index is 2.44. The van der Waals surface area contributed by atoms with Gasteiger partial charge in [-0.1, -0.05) is 78.9 Å². The second-order valence-corrected chi connectivity index (χ2v) is 9.28. The summed E-state index contributed by atoms with van der Waals surface area (Å²) in [5.74, 6) is 0. The first-order chi connectivity index (χ1) is 13.8. The van der Waals surface area contributed by atoms with Crippen molar-refractivity contribution in [1.29, 1.82) is 0 Å². The maximum Gasteiger partial charge on any atom is 0.0495 e. The van der Waals surface area contributed by atoms with Crippen LogP contribution in [0.5, 0.6) is 0 Å². The first kappa shape index (κ1) is 17.1. The summed E-state index contributed by atoms with van der Waals surface area (Å²) in [5, 5.41) is 8.66. The second kappa shape index (κ2) is 6.86. The third-order valence-electron chi connectivity index (χ3n) is 5.61. The van der Waals surface area contributed by atoms with E-state index in [1.807, 2.05) is 36.4 Å². The van der Waals surface area contributed by atoms with Crippen molar-refractivity contribution in [3.63, 3.8) is 0 Å². The number of fused-ring (bicyclic) bond motifs is 6. The van der Waals surface area contributed by atoms with Gasteiger partial charge in [0.25, 0.3) is 0 Å². The van der Waals surface area contributed by atoms with E-state index in [4.69, 9.17) is 0 Å². The fourth-order valence-electron chi connectivity index (χ4n) is 4.20. The standard InChI is InChI=1S/C20H16NP.C6H6/c1-21-17-9-5-3-7-13(17)15-12-20-16(11-18(15)21)14-8-4-6-10-19(14)22(20)2;1-2-4-6-5-3-1/h3-12H,1-2H3;1-6H. The molecule has 6 aromatic rings. The molecule has 2 heteroatoms. The highest BCUT2D eigenvalue weighted by Gasteiger charge is 2.13. The van der Waals surface area contributed by atoms with Gasteiger partial charge in [0.2, 0.25) is 0 Å². The van der Waals surface area contributed by atoms with Gasteiger partial charge >= 0.3 is 0 Å². The lowest BCUT2D eigenvalue weighted by molar-refractivity contribution is 1.02. The lowest BCUT2D eigenvalue weighted by atomic mass is 10.1. The van der Waals surface area contributed by atoms with Crippen molar-refractivity contribution in [2.45, 2.75) is 0 Å². The SMILES string of the molecule is Cn1c2ccccc2c2cc3c(cc21)c1ccccc1p3C.c1ccccc1. The summed E-state index contributed by atoms with van der Waals surface area (Å²) < 4.78 is 2.32.